The minimum absolute atomic E-state index is 0.0409. The molecule has 1 rings (SSSR count). The van der Waals surface area contributed by atoms with Crippen molar-refractivity contribution in [2.45, 2.75) is 25.7 Å². The summed E-state index contributed by atoms with van der Waals surface area (Å²) in [5.41, 5.74) is 6.41. The molecular weight excluding hydrogens is 232 g/mol. The van der Waals surface area contributed by atoms with Gasteiger partial charge in [-0.15, -0.1) is 0 Å². The second-order valence-electron chi connectivity index (χ2n) is 3.99. The molecule has 0 spiro atoms. The molecule has 1 aromatic carbocycles. The number of hydrogen-bond donors (Lipinski definition) is 2. The Morgan fingerprint density at radius 2 is 2.06 bits per heavy atom. The molecule has 1 atom stereocenters. The van der Waals surface area contributed by atoms with Crippen molar-refractivity contribution in [1.29, 1.82) is 0 Å². The van der Waals surface area contributed by atoms with Crippen LogP contribution in [0.3, 0.4) is 0 Å². The number of benzene rings is 1. The molecule has 0 bridgehead atoms. The van der Waals surface area contributed by atoms with Crippen LogP contribution in [0.25, 0.3) is 0 Å². The molecule has 0 aliphatic carbocycles. The van der Waals surface area contributed by atoms with Gasteiger partial charge in [0, 0.05) is 6.54 Å². The van der Waals surface area contributed by atoms with Crippen molar-refractivity contribution in [3.8, 4) is 0 Å². The maximum Gasteiger partial charge on any atom is 0.227 e. The third-order valence-electron chi connectivity index (χ3n) is 2.59. The minimum atomic E-state index is -0.124. The smallest absolute Gasteiger partial charge is 0.227 e. The molecule has 1 amide bonds. The molecule has 0 aliphatic rings. The number of rotatable bonds is 6. The van der Waals surface area contributed by atoms with E-state index in [-0.39, 0.29) is 11.8 Å². The summed E-state index contributed by atoms with van der Waals surface area (Å²) in [5.74, 6) is -0.0832. The Kier molecular flexibility index (Phi) is 5.63. The summed E-state index contributed by atoms with van der Waals surface area (Å²) in [4.78, 5) is 12.3. The lowest BCUT2D eigenvalue weighted by molar-refractivity contribution is -0.122. The maximum atomic E-state index is 11.8. The van der Waals surface area contributed by atoms with Gasteiger partial charge in [0.15, 0.2) is 0 Å². The number of carbonyl (C=O) groups is 1. The molecule has 0 radical (unpaired) electrons. The Hall–Kier alpha value is -1.42. The third kappa shape index (κ3) is 4.95. The van der Waals surface area contributed by atoms with E-state index in [0.717, 1.165) is 12.0 Å². The summed E-state index contributed by atoms with van der Waals surface area (Å²) in [6.45, 7) is 2.52. The average Bonchev–Trinajstić information content (AvgIpc) is 2.34. The van der Waals surface area contributed by atoms with Crippen LogP contribution in [0.4, 0.5) is 0 Å². The quantitative estimate of drug-likeness (QED) is 0.599. The molecule has 0 saturated carbocycles. The van der Waals surface area contributed by atoms with E-state index in [1.54, 1.807) is 0 Å². The third-order valence-corrected chi connectivity index (χ3v) is 2.80. The van der Waals surface area contributed by atoms with E-state index in [0.29, 0.717) is 18.0 Å². The Labute approximate surface area is 107 Å². The number of nitrogens with two attached hydrogens (primary N) is 1. The molecule has 1 aromatic rings. The molecule has 3 N–H and O–H groups in total. The zero-order valence-corrected chi connectivity index (χ0v) is 10.8. The lowest BCUT2D eigenvalue weighted by Gasteiger charge is -2.12. The minimum Gasteiger partial charge on any atom is -0.393 e. The average molecular weight is 250 g/mol. The first-order chi connectivity index (χ1) is 8.11. The van der Waals surface area contributed by atoms with Crippen LogP contribution in [0.5, 0.6) is 0 Å². The molecule has 17 heavy (non-hydrogen) atoms. The van der Waals surface area contributed by atoms with Crippen molar-refractivity contribution in [1.82, 2.24) is 5.32 Å². The Morgan fingerprint density at radius 3 is 2.65 bits per heavy atom. The van der Waals surface area contributed by atoms with Gasteiger partial charge in [-0.2, -0.15) is 0 Å². The van der Waals surface area contributed by atoms with Crippen molar-refractivity contribution in [2.75, 3.05) is 6.54 Å². The van der Waals surface area contributed by atoms with Crippen molar-refractivity contribution in [2.24, 2.45) is 5.73 Å². The molecule has 0 aromatic heterocycles. The SMILES string of the molecule is CC(C(=O)NCCCC(N)=S)c1ccccc1. The van der Waals surface area contributed by atoms with E-state index in [1.165, 1.54) is 0 Å². The van der Waals surface area contributed by atoms with Gasteiger partial charge in [0.2, 0.25) is 5.91 Å². The molecule has 92 valence electrons. The van der Waals surface area contributed by atoms with Gasteiger partial charge in [0.05, 0.1) is 10.9 Å². The first kappa shape index (κ1) is 13.6. The van der Waals surface area contributed by atoms with Crippen molar-refractivity contribution < 1.29 is 4.79 Å². The molecule has 0 fully saturated rings. The standard InChI is InChI=1S/C13H18N2OS/c1-10(11-6-3-2-4-7-11)13(16)15-9-5-8-12(14)17/h2-4,6-7,10H,5,8-9H2,1H3,(H2,14,17)(H,15,16). The second kappa shape index (κ2) is 7.01. The number of hydrogen-bond acceptors (Lipinski definition) is 2. The van der Waals surface area contributed by atoms with Crippen molar-refractivity contribution in [3.05, 3.63) is 35.9 Å². The normalized spacial score (nSPS) is 11.8. The van der Waals surface area contributed by atoms with Gasteiger partial charge in [0.1, 0.15) is 0 Å². The van der Waals surface area contributed by atoms with Crippen molar-refractivity contribution >= 4 is 23.1 Å². The van der Waals surface area contributed by atoms with E-state index < -0.39 is 0 Å². The van der Waals surface area contributed by atoms with Gasteiger partial charge < -0.3 is 11.1 Å². The summed E-state index contributed by atoms with van der Waals surface area (Å²) in [6.07, 6.45) is 1.47. The predicted octanol–water partition coefficient (Wildman–Crippen LogP) is 1.97. The lowest BCUT2D eigenvalue weighted by atomic mass is 10.0. The summed E-state index contributed by atoms with van der Waals surface area (Å²) in [5, 5.41) is 2.88. The van der Waals surface area contributed by atoms with Crippen LogP contribution in [-0.2, 0) is 4.79 Å². The molecule has 0 aliphatic heterocycles. The van der Waals surface area contributed by atoms with Crippen LogP contribution in [-0.4, -0.2) is 17.4 Å². The fraction of sp³-hybridized carbons (Fsp3) is 0.385. The fourth-order valence-electron chi connectivity index (χ4n) is 1.52. The Bertz CT molecular complexity index is 378. The van der Waals surface area contributed by atoms with Gasteiger partial charge in [-0.25, -0.2) is 0 Å². The van der Waals surface area contributed by atoms with E-state index in [4.69, 9.17) is 18.0 Å². The molecule has 3 nitrogen and oxygen atoms in total. The van der Waals surface area contributed by atoms with Gasteiger partial charge in [-0.3, -0.25) is 4.79 Å². The van der Waals surface area contributed by atoms with Crippen molar-refractivity contribution in [3.63, 3.8) is 0 Å². The summed E-state index contributed by atoms with van der Waals surface area (Å²) >= 11 is 4.77. The van der Waals surface area contributed by atoms with Crippen LogP contribution < -0.4 is 11.1 Å². The second-order valence-corrected chi connectivity index (χ2v) is 4.52. The number of carbonyl (C=O) groups excluding carboxylic acids is 1. The van der Waals surface area contributed by atoms with Gasteiger partial charge in [-0.1, -0.05) is 42.5 Å². The summed E-state index contributed by atoms with van der Waals surface area (Å²) in [6, 6.07) is 9.73. The maximum absolute atomic E-state index is 11.8. The van der Waals surface area contributed by atoms with Gasteiger partial charge in [-0.05, 0) is 25.3 Å². The highest BCUT2D eigenvalue weighted by molar-refractivity contribution is 7.80. The van der Waals surface area contributed by atoms with E-state index in [9.17, 15) is 4.79 Å². The van der Waals surface area contributed by atoms with E-state index in [1.807, 2.05) is 37.3 Å². The molecule has 0 heterocycles. The highest BCUT2D eigenvalue weighted by atomic mass is 32.1. The monoisotopic (exact) mass is 250 g/mol. The van der Waals surface area contributed by atoms with Crippen LogP contribution in [0, 0.1) is 0 Å². The Balaban J connectivity index is 2.35. The summed E-state index contributed by atoms with van der Waals surface area (Å²) in [7, 11) is 0. The highest BCUT2D eigenvalue weighted by Gasteiger charge is 2.13. The first-order valence-corrected chi connectivity index (χ1v) is 6.13. The zero-order chi connectivity index (χ0) is 12.7. The van der Waals surface area contributed by atoms with E-state index in [2.05, 4.69) is 5.32 Å². The number of nitrogens with one attached hydrogen (secondary N) is 1. The number of amides is 1. The number of thiocarbonyl (C=S) groups is 1. The fourth-order valence-corrected chi connectivity index (χ4v) is 1.66. The van der Waals surface area contributed by atoms with E-state index >= 15 is 0 Å². The van der Waals surface area contributed by atoms with Gasteiger partial charge >= 0.3 is 0 Å². The van der Waals surface area contributed by atoms with Gasteiger partial charge in [0.25, 0.3) is 0 Å². The molecule has 0 saturated heterocycles. The predicted molar refractivity (Wildman–Crippen MR) is 73.9 cm³/mol. The Morgan fingerprint density at radius 1 is 1.41 bits per heavy atom. The zero-order valence-electron chi connectivity index (χ0n) is 9.98. The molecule has 4 heteroatoms. The summed E-state index contributed by atoms with van der Waals surface area (Å²) < 4.78 is 0. The van der Waals surface area contributed by atoms with Crippen LogP contribution >= 0.6 is 12.2 Å². The largest absolute Gasteiger partial charge is 0.393 e. The topological polar surface area (TPSA) is 55.1 Å². The highest BCUT2D eigenvalue weighted by Crippen LogP contribution is 2.14. The van der Waals surface area contributed by atoms with Crippen LogP contribution in [0.2, 0.25) is 0 Å². The lowest BCUT2D eigenvalue weighted by Crippen LogP contribution is -2.29. The molecular formula is C13H18N2OS. The van der Waals surface area contributed by atoms with Crippen LogP contribution in [0.1, 0.15) is 31.2 Å². The molecule has 1 unspecified atom stereocenters. The van der Waals surface area contributed by atoms with Crippen LogP contribution in [0.15, 0.2) is 30.3 Å². The first-order valence-electron chi connectivity index (χ1n) is 5.72.